The summed E-state index contributed by atoms with van der Waals surface area (Å²) in [5, 5.41) is 25.2. The van der Waals surface area contributed by atoms with Crippen LogP contribution in [0.2, 0.25) is 0 Å². The van der Waals surface area contributed by atoms with E-state index in [0.29, 0.717) is 20.9 Å². The number of hydrogen-bond donors (Lipinski definition) is 0. The Kier molecular flexibility index (Phi) is 4.98. The van der Waals surface area contributed by atoms with Crippen molar-refractivity contribution in [3.05, 3.63) is 216 Å². The van der Waals surface area contributed by atoms with Crippen LogP contribution >= 0.6 is 11.3 Å². The molecular weight excluding hydrogens is 909 g/mol. The summed E-state index contributed by atoms with van der Waals surface area (Å²) in [6.07, 6.45) is 0. The second-order valence-electron chi connectivity index (χ2n) is 18.5. The molecule has 5 aromatic heterocycles. The fourth-order valence-corrected chi connectivity index (χ4v) is 11.9. The van der Waals surface area contributed by atoms with Crippen molar-refractivity contribution in [1.82, 2.24) is 18.3 Å². The van der Waals surface area contributed by atoms with Crippen LogP contribution < -0.4 is 0 Å². The van der Waals surface area contributed by atoms with Crippen LogP contribution in [0, 0.1) is 22.7 Å². The van der Waals surface area contributed by atoms with Crippen molar-refractivity contribution < 1.29 is 32.9 Å². The zero-order valence-corrected chi connectivity index (χ0v) is 39.1. The predicted octanol–water partition coefficient (Wildman–Crippen LogP) is 17.5. The molecule has 0 N–H and O–H groups in total. The average Bonchev–Trinajstić information content (AvgIpc) is 1.56. The molecule has 0 aliphatic carbocycles. The van der Waals surface area contributed by atoms with Gasteiger partial charge in [-0.2, -0.15) is 10.5 Å². The van der Waals surface area contributed by atoms with Gasteiger partial charge in [0, 0.05) is 58.6 Å². The third-order valence-electron chi connectivity index (χ3n) is 13.7. The highest BCUT2D eigenvalue weighted by atomic mass is 32.1. The molecule has 0 aliphatic rings. The number of nitrogens with zero attached hydrogens (tertiary/aromatic N) is 6. The number of para-hydroxylation sites is 6. The molecule has 6 nitrogen and oxygen atoms in total. The fraction of sp³-hybridized carbons (Fsp3) is 0.0606. The third kappa shape index (κ3) is 5.55. The number of rotatable bonds is 4. The van der Waals surface area contributed by atoms with Gasteiger partial charge in [-0.15, -0.1) is 11.3 Å². The summed E-state index contributed by atoms with van der Waals surface area (Å²) in [5.41, 5.74) is -7.89. The molecule has 0 spiro atoms. The van der Waals surface area contributed by atoms with Gasteiger partial charge < -0.3 is 18.3 Å². The molecule has 73 heavy (non-hydrogen) atoms. The quantitative estimate of drug-likeness (QED) is 0.176. The SMILES string of the molecule is [2H]c1c([2H])c([2H])c2c(c1[2H])c1c([2H])c([2H])c([2H])c([2H])c1n2-c1c(C#N)c(-n2c3c([2H])c([2H])c([2H])c([2H])c3c3c([2H])c([2H])c([2H])c([2H])c32)c(-n2c3ccc(C(C)(C)C)cc3c3ccc4c5ccccc5sc4c32)c(C#N)c1-n1c2c([2H])c([2H])c([2H])c([2H])c2c2c([2H])c([2H])c([2H])c([2H])c21. The predicted molar refractivity (Wildman–Crippen MR) is 305 cm³/mol. The zero-order valence-electron chi connectivity index (χ0n) is 62.3. The first-order valence-electron chi connectivity index (χ1n) is 34.8. The van der Waals surface area contributed by atoms with Crippen molar-refractivity contribution in [3.8, 4) is 34.9 Å². The van der Waals surface area contributed by atoms with Gasteiger partial charge in [-0.25, -0.2) is 0 Å². The molecule has 0 fully saturated rings. The Morgan fingerprint density at radius 2 is 0.781 bits per heavy atom. The summed E-state index contributed by atoms with van der Waals surface area (Å²) >= 11 is 1.31. The van der Waals surface area contributed by atoms with Gasteiger partial charge in [-0.05, 0) is 65.4 Å². The van der Waals surface area contributed by atoms with Crippen LogP contribution in [0.3, 0.4) is 0 Å². The number of benzene rings is 10. The fourth-order valence-electron chi connectivity index (χ4n) is 10.7. The Hall–Kier alpha value is -9.40. The third-order valence-corrected chi connectivity index (χ3v) is 14.9. The van der Waals surface area contributed by atoms with Crippen LogP contribution in [0.1, 0.15) is 70.4 Å². The minimum atomic E-state index is -0.976. The van der Waals surface area contributed by atoms with E-state index in [1.165, 1.54) is 11.3 Å². The van der Waals surface area contributed by atoms with Crippen LogP contribution in [0.4, 0.5) is 0 Å². The molecule has 342 valence electrons. The van der Waals surface area contributed by atoms with Crippen LogP contribution in [-0.4, -0.2) is 18.3 Å². The van der Waals surface area contributed by atoms with Gasteiger partial charge in [-0.3, -0.25) is 0 Å². The normalized spacial score (nSPS) is 16.9. The summed E-state index contributed by atoms with van der Waals surface area (Å²) in [4.78, 5) is 0. The Bertz CT molecular complexity index is 6220. The van der Waals surface area contributed by atoms with Gasteiger partial charge >= 0.3 is 0 Å². The summed E-state index contributed by atoms with van der Waals surface area (Å²) in [6, 6.07) is -0.697. The minimum Gasteiger partial charge on any atom is -0.306 e. The number of nitriles is 2. The first-order valence-corrected chi connectivity index (χ1v) is 23.6. The van der Waals surface area contributed by atoms with E-state index in [2.05, 4.69) is 12.1 Å². The zero-order chi connectivity index (χ0) is 69.7. The highest BCUT2D eigenvalue weighted by Gasteiger charge is 2.35. The van der Waals surface area contributed by atoms with Gasteiger partial charge in [0.1, 0.15) is 23.3 Å². The van der Waals surface area contributed by atoms with E-state index in [4.69, 9.17) is 8.22 Å². The molecule has 0 radical (unpaired) electrons. The van der Waals surface area contributed by atoms with Crippen LogP contribution in [0.5, 0.6) is 0 Å². The highest BCUT2D eigenvalue weighted by Crippen LogP contribution is 2.51. The van der Waals surface area contributed by atoms with Gasteiger partial charge in [0.15, 0.2) is 0 Å². The van der Waals surface area contributed by atoms with Crippen LogP contribution in [0.15, 0.2) is 200 Å². The topological polar surface area (TPSA) is 67.3 Å². The van der Waals surface area contributed by atoms with Gasteiger partial charge in [0.2, 0.25) is 0 Å². The number of thiophene rings is 1. The van der Waals surface area contributed by atoms with Crippen molar-refractivity contribution >= 4 is 119 Å². The molecule has 0 saturated carbocycles. The van der Waals surface area contributed by atoms with Crippen molar-refractivity contribution in [2.24, 2.45) is 0 Å². The Morgan fingerprint density at radius 1 is 0.397 bits per heavy atom. The van der Waals surface area contributed by atoms with Gasteiger partial charge in [-0.1, -0.05) is 166 Å². The first-order chi connectivity index (χ1) is 45.8. The lowest BCUT2D eigenvalue weighted by Gasteiger charge is -2.27. The standard InChI is InChI=1S/C66H42N6S/c1-66(2,3)39-32-35-58-49(36-39)47-33-34-48-46-24-10-17-31-59(46)73-65(48)64(47)72(58)63-51(38-68)61(70-54-27-13-6-20-42(54)43-21-7-14-28-55(43)70)60(69-52-25-11-4-18-40(52)41-19-5-12-26-53(41)69)50(37-67)62(63)71-56-29-15-8-22-44(56)45-23-9-16-30-57(45)71/h4-36H,1-3H3/i4D,5D,6D,7D,8D,9D,11D,12D,13D,14D,15D,16D,18D,19D,20D,21D,22D,23D,25D,26D,27D,28D,29D,30D. The molecule has 15 rings (SSSR count). The number of hydrogen-bond acceptors (Lipinski definition) is 3. The summed E-state index contributed by atoms with van der Waals surface area (Å²) in [7, 11) is 0. The molecule has 0 unspecified atom stereocenters. The van der Waals surface area contributed by atoms with Crippen LogP contribution in [0.25, 0.3) is 130 Å². The molecule has 0 saturated heterocycles. The van der Waals surface area contributed by atoms with E-state index in [1.807, 2.05) is 63.2 Å². The molecule has 0 amide bonds. The van der Waals surface area contributed by atoms with E-state index in [1.54, 1.807) is 16.7 Å². The second kappa shape index (κ2) is 15.1. The largest absolute Gasteiger partial charge is 0.306 e. The van der Waals surface area contributed by atoms with E-state index in [-0.39, 0.29) is 11.0 Å². The minimum absolute atomic E-state index is 0.226. The molecule has 10 aromatic carbocycles. The Morgan fingerprint density at radius 3 is 1.19 bits per heavy atom. The second-order valence-corrected chi connectivity index (χ2v) is 19.5. The number of aromatic nitrogens is 4. The lowest BCUT2D eigenvalue weighted by atomic mass is 9.86. The van der Waals surface area contributed by atoms with Crippen molar-refractivity contribution in [2.75, 3.05) is 0 Å². The molecule has 15 aromatic rings. The lowest BCUT2D eigenvalue weighted by Crippen LogP contribution is -2.17. The van der Waals surface area contributed by atoms with Crippen molar-refractivity contribution in [2.45, 2.75) is 26.2 Å². The van der Waals surface area contributed by atoms with E-state index < -0.39 is 250 Å². The van der Waals surface area contributed by atoms with Crippen LogP contribution in [-0.2, 0) is 5.41 Å². The maximum absolute atomic E-state index is 13.1. The average molecular weight is 975 g/mol. The Balaban J connectivity index is 1.41. The smallest absolute Gasteiger partial charge is 0.104 e. The van der Waals surface area contributed by atoms with E-state index in [9.17, 15) is 35.2 Å². The summed E-state index contributed by atoms with van der Waals surface area (Å²) in [6.45, 7) is 5.93. The molecular formula is C66H42N6S. The summed E-state index contributed by atoms with van der Waals surface area (Å²) < 4.78 is 233. The monoisotopic (exact) mass is 974 g/mol. The Labute approximate surface area is 456 Å². The molecule has 7 heteroatoms. The molecule has 0 bridgehead atoms. The first kappa shape index (κ1) is 24.1. The van der Waals surface area contributed by atoms with Crippen molar-refractivity contribution in [3.63, 3.8) is 0 Å². The van der Waals surface area contributed by atoms with E-state index in [0.717, 1.165) is 29.4 Å². The summed E-state index contributed by atoms with van der Waals surface area (Å²) in [5.74, 6) is 0. The molecule has 0 aliphatic heterocycles. The van der Waals surface area contributed by atoms with E-state index >= 15 is 0 Å². The van der Waals surface area contributed by atoms with Gasteiger partial charge in [0.05, 0.1) is 104 Å². The molecule has 5 heterocycles. The maximum Gasteiger partial charge on any atom is 0.104 e. The lowest BCUT2D eigenvalue weighted by molar-refractivity contribution is 0.591. The van der Waals surface area contributed by atoms with Crippen molar-refractivity contribution in [1.29, 1.82) is 10.5 Å². The highest BCUT2D eigenvalue weighted by molar-refractivity contribution is 7.26. The van der Waals surface area contributed by atoms with Gasteiger partial charge in [0.25, 0.3) is 0 Å². The maximum atomic E-state index is 13.1. The number of fused-ring (bicyclic) bond motifs is 16. The molecule has 0 atom stereocenters.